The van der Waals surface area contributed by atoms with Crippen molar-refractivity contribution in [3.8, 4) is 17.2 Å². The SMILES string of the molecule is COc1ccc2c(c1)CCCCN2S(=O)(=O)c1cc(-n2c(=O)[nH]c3c(C)cc(C(=O)O)nc32)c(Cl)cc1OC. The van der Waals surface area contributed by atoms with Crippen molar-refractivity contribution in [1.29, 1.82) is 0 Å². The van der Waals surface area contributed by atoms with Crippen LogP contribution in [0, 0.1) is 6.92 Å². The van der Waals surface area contributed by atoms with Gasteiger partial charge < -0.3 is 19.6 Å². The van der Waals surface area contributed by atoms with Gasteiger partial charge >= 0.3 is 11.7 Å². The van der Waals surface area contributed by atoms with Crippen LogP contribution in [-0.2, 0) is 16.4 Å². The van der Waals surface area contributed by atoms with Gasteiger partial charge in [-0.05, 0) is 67.6 Å². The number of aromatic amines is 1. The Balaban J connectivity index is 1.74. The lowest BCUT2D eigenvalue weighted by Gasteiger charge is -2.26. The van der Waals surface area contributed by atoms with Gasteiger partial charge in [0, 0.05) is 12.6 Å². The number of aryl methyl sites for hydroxylation is 2. The smallest absolute Gasteiger partial charge is 0.354 e. The fraction of sp³-hybridized carbons (Fsp3) is 0.269. The lowest BCUT2D eigenvalue weighted by atomic mass is 10.1. The van der Waals surface area contributed by atoms with Crippen molar-refractivity contribution in [3.05, 3.63) is 68.7 Å². The molecular weight excluding hydrogens is 548 g/mol. The van der Waals surface area contributed by atoms with Gasteiger partial charge in [0.05, 0.1) is 36.1 Å². The molecule has 13 heteroatoms. The number of carboxylic acids is 1. The maximum Gasteiger partial charge on any atom is 0.354 e. The van der Waals surface area contributed by atoms with Crippen LogP contribution in [0.5, 0.6) is 11.5 Å². The lowest BCUT2D eigenvalue weighted by Crippen LogP contribution is -2.32. The highest BCUT2D eigenvalue weighted by atomic mass is 35.5. The topological polar surface area (TPSA) is 144 Å². The highest BCUT2D eigenvalue weighted by Gasteiger charge is 2.32. The minimum Gasteiger partial charge on any atom is -0.497 e. The van der Waals surface area contributed by atoms with E-state index < -0.39 is 21.7 Å². The monoisotopic (exact) mass is 572 g/mol. The molecule has 1 aliphatic rings. The molecule has 5 rings (SSSR count). The second-order valence-electron chi connectivity index (χ2n) is 9.08. The van der Waals surface area contributed by atoms with Crippen LogP contribution in [0.3, 0.4) is 0 Å². The molecule has 3 heterocycles. The predicted molar refractivity (Wildman–Crippen MR) is 145 cm³/mol. The zero-order chi connectivity index (χ0) is 28.1. The number of nitrogens with one attached hydrogen (secondary N) is 1. The van der Waals surface area contributed by atoms with Crippen molar-refractivity contribution < 1.29 is 27.8 Å². The van der Waals surface area contributed by atoms with Crippen LogP contribution in [0.15, 0.2) is 46.1 Å². The van der Waals surface area contributed by atoms with E-state index in [0.29, 0.717) is 35.4 Å². The molecule has 11 nitrogen and oxygen atoms in total. The number of hydrogen-bond donors (Lipinski definition) is 2. The number of imidazole rings is 1. The molecule has 0 aliphatic carbocycles. The number of methoxy groups -OCH3 is 2. The number of carboxylic acid groups (broad SMARTS) is 1. The van der Waals surface area contributed by atoms with Crippen LogP contribution in [0.1, 0.15) is 34.5 Å². The minimum absolute atomic E-state index is 0.0000259. The first-order valence-corrected chi connectivity index (χ1v) is 13.8. The number of fused-ring (bicyclic) bond motifs is 2. The van der Waals surface area contributed by atoms with E-state index in [4.69, 9.17) is 21.1 Å². The number of carbonyl (C=O) groups is 1. The summed E-state index contributed by atoms with van der Waals surface area (Å²) in [5.74, 6) is -0.659. The van der Waals surface area contributed by atoms with Gasteiger partial charge in [-0.15, -0.1) is 0 Å². The summed E-state index contributed by atoms with van der Waals surface area (Å²) in [6.45, 7) is 1.87. The number of benzene rings is 2. The zero-order valence-corrected chi connectivity index (χ0v) is 22.9. The standard InChI is InChI=1S/C26H25ClN4O7S/c1-14-10-18(25(32)33)28-24-23(14)29-26(34)31(24)20-13-22(21(38-3)12-17(20)27)39(35,36)30-9-5-4-6-15-11-16(37-2)7-8-19(15)30/h7-8,10-13H,4-6,9H2,1-3H3,(H,29,34)(H,32,33). The van der Waals surface area contributed by atoms with Gasteiger partial charge in [-0.25, -0.2) is 27.6 Å². The van der Waals surface area contributed by atoms with E-state index in [1.54, 1.807) is 26.2 Å². The number of hydrogen-bond acceptors (Lipinski definition) is 7. The molecule has 4 aromatic rings. The van der Waals surface area contributed by atoms with Crippen molar-refractivity contribution in [2.24, 2.45) is 0 Å². The van der Waals surface area contributed by atoms with E-state index in [0.717, 1.165) is 16.6 Å². The number of aromatic nitrogens is 3. The quantitative estimate of drug-likeness (QED) is 0.354. The van der Waals surface area contributed by atoms with Gasteiger partial charge in [0.1, 0.15) is 16.4 Å². The van der Waals surface area contributed by atoms with Crippen LogP contribution in [-0.4, -0.2) is 54.8 Å². The lowest BCUT2D eigenvalue weighted by molar-refractivity contribution is 0.0690. The van der Waals surface area contributed by atoms with Crippen molar-refractivity contribution in [2.45, 2.75) is 31.1 Å². The molecule has 2 N–H and O–H groups in total. The number of ether oxygens (including phenoxy) is 2. The molecule has 0 amide bonds. The Bertz CT molecular complexity index is 1800. The highest BCUT2D eigenvalue weighted by Crippen LogP contribution is 2.39. The third kappa shape index (κ3) is 4.49. The Kier molecular flexibility index (Phi) is 6.77. The summed E-state index contributed by atoms with van der Waals surface area (Å²) in [7, 11) is -1.34. The number of pyridine rings is 1. The molecular formula is C26H25ClN4O7S. The molecule has 0 saturated carbocycles. The van der Waals surface area contributed by atoms with Gasteiger partial charge in [0.25, 0.3) is 10.0 Å². The molecule has 1 aliphatic heterocycles. The summed E-state index contributed by atoms with van der Waals surface area (Å²) < 4.78 is 41.5. The summed E-state index contributed by atoms with van der Waals surface area (Å²) in [6.07, 6.45) is 2.10. The molecule has 0 spiro atoms. The van der Waals surface area contributed by atoms with Crippen LogP contribution < -0.4 is 19.5 Å². The van der Waals surface area contributed by atoms with Gasteiger partial charge in [-0.1, -0.05) is 11.6 Å². The summed E-state index contributed by atoms with van der Waals surface area (Å²) in [6, 6.07) is 9.15. The molecule has 0 radical (unpaired) electrons. The highest BCUT2D eigenvalue weighted by molar-refractivity contribution is 7.93. The van der Waals surface area contributed by atoms with Gasteiger partial charge in [0.2, 0.25) is 0 Å². The molecule has 2 aromatic carbocycles. The Morgan fingerprint density at radius 3 is 2.56 bits per heavy atom. The van der Waals surface area contributed by atoms with Gasteiger partial charge in [-0.3, -0.25) is 4.31 Å². The van der Waals surface area contributed by atoms with Gasteiger partial charge in [-0.2, -0.15) is 0 Å². The average molecular weight is 573 g/mol. The largest absolute Gasteiger partial charge is 0.497 e. The summed E-state index contributed by atoms with van der Waals surface area (Å²) in [4.78, 5) is 31.3. The number of rotatable bonds is 6. The van der Waals surface area contributed by atoms with E-state index in [1.165, 1.54) is 29.6 Å². The number of nitrogens with zero attached hydrogens (tertiary/aromatic N) is 3. The maximum atomic E-state index is 14.2. The Morgan fingerprint density at radius 1 is 1.10 bits per heavy atom. The average Bonchev–Trinajstić information content (AvgIpc) is 3.09. The van der Waals surface area contributed by atoms with Crippen molar-refractivity contribution in [3.63, 3.8) is 0 Å². The molecule has 39 heavy (non-hydrogen) atoms. The van der Waals surface area contributed by atoms with E-state index in [9.17, 15) is 23.1 Å². The number of aromatic carboxylic acids is 1. The van der Waals surface area contributed by atoms with Crippen LogP contribution in [0.4, 0.5) is 5.69 Å². The Labute approximate surface area is 228 Å². The first-order chi connectivity index (χ1) is 18.6. The number of sulfonamides is 1. The summed E-state index contributed by atoms with van der Waals surface area (Å²) in [5, 5.41) is 9.50. The minimum atomic E-state index is -4.22. The van der Waals surface area contributed by atoms with Crippen molar-refractivity contribution in [2.75, 3.05) is 25.1 Å². The number of H-pyrrole nitrogens is 1. The molecule has 0 saturated heterocycles. The van der Waals surface area contributed by atoms with E-state index in [1.807, 2.05) is 6.07 Å². The zero-order valence-electron chi connectivity index (χ0n) is 21.3. The fourth-order valence-corrected chi connectivity index (χ4v) is 6.75. The van der Waals surface area contributed by atoms with Gasteiger partial charge in [0.15, 0.2) is 11.3 Å². The molecule has 0 atom stereocenters. The second kappa shape index (κ2) is 9.93. The molecule has 0 bridgehead atoms. The van der Waals surface area contributed by atoms with Crippen molar-refractivity contribution >= 4 is 44.4 Å². The predicted octanol–water partition coefficient (Wildman–Crippen LogP) is 3.92. The first kappa shape index (κ1) is 26.6. The number of halogens is 1. The third-order valence-electron chi connectivity index (χ3n) is 6.72. The number of anilines is 1. The van der Waals surface area contributed by atoms with E-state index in [-0.39, 0.29) is 39.2 Å². The van der Waals surface area contributed by atoms with Crippen molar-refractivity contribution in [1.82, 2.24) is 14.5 Å². The van der Waals surface area contributed by atoms with Crippen LogP contribution in [0.2, 0.25) is 5.02 Å². The normalized spacial score (nSPS) is 13.7. The van der Waals surface area contributed by atoms with E-state index >= 15 is 0 Å². The second-order valence-corrected chi connectivity index (χ2v) is 11.3. The first-order valence-electron chi connectivity index (χ1n) is 12.0. The van der Waals surface area contributed by atoms with E-state index in [2.05, 4.69) is 9.97 Å². The third-order valence-corrected chi connectivity index (χ3v) is 8.86. The summed E-state index contributed by atoms with van der Waals surface area (Å²) >= 11 is 6.54. The molecule has 2 aromatic heterocycles. The molecule has 204 valence electrons. The van der Waals surface area contributed by atoms with Crippen LogP contribution >= 0.6 is 11.6 Å². The van der Waals surface area contributed by atoms with Crippen LogP contribution in [0.25, 0.3) is 16.9 Å². The fourth-order valence-electron chi connectivity index (χ4n) is 4.81. The Morgan fingerprint density at radius 2 is 1.87 bits per heavy atom. The summed E-state index contributed by atoms with van der Waals surface area (Å²) in [5.41, 5.74) is 1.20. The molecule has 0 unspecified atom stereocenters. The molecule has 0 fully saturated rings. The maximum absolute atomic E-state index is 14.2. The Hall–Kier alpha value is -4.03.